The van der Waals surface area contributed by atoms with E-state index in [2.05, 4.69) is 34.6 Å². The van der Waals surface area contributed by atoms with Crippen LogP contribution in [0.2, 0.25) is 0 Å². The van der Waals surface area contributed by atoms with Crippen LogP contribution in [0.3, 0.4) is 0 Å². The van der Waals surface area contributed by atoms with E-state index in [1.165, 1.54) is 0 Å². The maximum absolute atomic E-state index is 11.8. The molecule has 0 aromatic rings. The predicted octanol–water partition coefficient (Wildman–Crippen LogP) is 5.70. The summed E-state index contributed by atoms with van der Waals surface area (Å²) in [6, 6.07) is 0. The Balaban J connectivity index is 1.62. The molecule has 0 amide bonds. The molecule has 0 aliphatic heterocycles. The van der Waals surface area contributed by atoms with E-state index in [0.29, 0.717) is 24.7 Å². The molecular formula is C30H54O4. The van der Waals surface area contributed by atoms with Gasteiger partial charge >= 0.3 is 0 Å². The average Bonchev–Trinajstić information content (AvgIpc) is 3.07. The van der Waals surface area contributed by atoms with Crippen LogP contribution >= 0.6 is 0 Å². The third-order valence-corrected chi connectivity index (χ3v) is 12.6. The number of fused-ring (bicyclic) bond motifs is 5. The lowest BCUT2D eigenvalue weighted by Gasteiger charge is -2.70. The fraction of sp³-hybridized carbons (Fsp3) is 1.00. The zero-order chi connectivity index (χ0) is 25.5. The lowest BCUT2D eigenvalue weighted by Crippen LogP contribution is -2.66. The van der Waals surface area contributed by atoms with Crippen molar-refractivity contribution in [2.75, 3.05) is 0 Å². The molecule has 0 bridgehead atoms. The van der Waals surface area contributed by atoms with Gasteiger partial charge in [0.05, 0.1) is 23.4 Å². The fourth-order valence-electron chi connectivity index (χ4n) is 10.5. The lowest BCUT2D eigenvalue weighted by atomic mass is 9.35. The number of rotatable bonds is 5. The van der Waals surface area contributed by atoms with E-state index in [1.807, 2.05) is 20.8 Å². The van der Waals surface area contributed by atoms with Crippen molar-refractivity contribution in [1.82, 2.24) is 0 Å². The van der Waals surface area contributed by atoms with E-state index in [9.17, 15) is 20.4 Å². The Labute approximate surface area is 208 Å². The van der Waals surface area contributed by atoms with Crippen molar-refractivity contribution in [3.63, 3.8) is 0 Å². The molecule has 4 nitrogen and oxygen atoms in total. The summed E-state index contributed by atoms with van der Waals surface area (Å²) >= 11 is 0. The highest BCUT2D eigenvalue weighted by Gasteiger charge is 2.71. The highest BCUT2D eigenvalue weighted by Crippen LogP contribution is 2.75. The molecule has 0 heterocycles. The third kappa shape index (κ3) is 3.84. The average molecular weight is 479 g/mol. The summed E-state index contributed by atoms with van der Waals surface area (Å²) in [6.07, 6.45) is 8.62. The van der Waals surface area contributed by atoms with Gasteiger partial charge in [0, 0.05) is 0 Å². The monoisotopic (exact) mass is 478 g/mol. The zero-order valence-corrected chi connectivity index (χ0v) is 23.3. The quantitative estimate of drug-likeness (QED) is 0.409. The van der Waals surface area contributed by atoms with Crippen molar-refractivity contribution in [1.29, 1.82) is 0 Å². The normalized spacial score (nSPS) is 50.1. The molecule has 0 spiro atoms. The molecule has 198 valence electrons. The molecule has 0 radical (unpaired) electrons. The number of aliphatic hydroxyl groups is 4. The van der Waals surface area contributed by atoms with Gasteiger partial charge in [0.15, 0.2) is 0 Å². The molecule has 4 unspecified atom stereocenters. The summed E-state index contributed by atoms with van der Waals surface area (Å²) in [5, 5.41) is 44.5. The van der Waals surface area contributed by atoms with Gasteiger partial charge in [0.1, 0.15) is 0 Å². The van der Waals surface area contributed by atoms with Gasteiger partial charge in [0.25, 0.3) is 0 Å². The molecule has 4 fully saturated rings. The second-order valence-electron chi connectivity index (χ2n) is 15.4. The van der Waals surface area contributed by atoms with Crippen LogP contribution < -0.4 is 0 Å². The smallest absolute Gasteiger partial charge is 0.0651 e. The summed E-state index contributed by atoms with van der Waals surface area (Å²) in [4.78, 5) is 0. The Morgan fingerprint density at radius 3 is 2.00 bits per heavy atom. The fourth-order valence-corrected chi connectivity index (χ4v) is 10.5. The molecule has 0 saturated heterocycles. The minimum absolute atomic E-state index is 0.00836. The van der Waals surface area contributed by atoms with Crippen LogP contribution in [0.15, 0.2) is 0 Å². The van der Waals surface area contributed by atoms with E-state index in [4.69, 9.17) is 0 Å². The molecule has 0 aromatic heterocycles. The van der Waals surface area contributed by atoms with Crippen LogP contribution in [-0.4, -0.2) is 43.8 Å². The molecule has 4 rings (SSSR count). The Bertz CT molecular complexity index is 768. The molecule has 4 heteroatoms. The first kappa shape index (κ1) is 26.9. The van der Waals surface area contributed by atoms with Gasteiger partial charge in [-0.15, -0.1) is 0 Å². The summed E-state index contributed by atoms with van der Waals surface area (Å²) in [5.41, 5.74) is -1.33. The molecule has 4 N–H and O–H groups in total. The maximum atomic E-state index is 11.8. The first-order valence-corrected chi connectivity index (χ1v) is 14.2. The molecule has 4 aliphatic rings. The Kier molecular flexibility index (Phi) is 6.46. The highest BCUT2D eigenvalue weighted by atomic mass is 16.3. The number of aliphatic hydroxyl groups excluding tert-OH is 2. The Morgan fingerprint density at radius 2 is 1.38 bits per heavy atom. The second kappa shape index (κ2) is 8.17. The maximum Gasteiger partial charge on any atom is 0.0651 e. The zero-order valence-electron chi connectivity index (χ0n) is 23.3. The van der Waals surface area contributed by atoms with E-state index in [-0.39, 0.29) is 45.7 Å². The predicted molar refractivity (Wildman–Crippen MR) is 137 cm³/mol. The van der Waals surface area contributed by atoms with Crippen molar-refractivity contribution in [2.45, 2.75) is 143 Å². The first-order chi connectivity index (χ1) is 15.4. The second-order valence-corrected chi connectivity index (χ2v) is 15.4. The van der Waals surface area contributed by atoms with Gasteiger partial charge in [-0.2, -0.15) is 0 Å². The van der Waals surface area contributed by atoms with Crippen LogP contribution in [0, 0.1) is 45.3 Å². The highest BCUT2D eigenvalue weighted by molar-refractivity contribution is 5.19. The van der Waals surface area contributed by atoms with E-state index >= 15 is 0 Å². The number of hydrogen-bond donors (Lipinski definition) is 4. The SMILES string of the molecule is CC(C)(O)CCC[C@@](C)(O)C1CC[C@]2(C)C1[C@H](O)CC1[C@@]3(C)CC[C@H](O)C(C)(C)C3CC[C@]12C. The van der Waals surface area contributed by atoms with E-state index in [0.717, 1.165) is 51.4 Å². The van der Waals surface area contributed by atoms with Gasteiger partial charge in [-0.25, -0.2) is 0 Å². The van der Waals surface area contributed by atoms with Crippen molar-refractivity contribution in [2.24, 2.45) is 45.3 Å². The standard InChI is InChI=1S/C30H54O4/c1-25(2,33)13-9-14-30(8,34)19-10-16-29(7)24(19)20(31)18-22-27(5)15-12-23(32)26(3,4)21(27)11-17-28(22,29)6/h19-24,31-34H,9-18H2,1-8H3/t19?,20-,21?,22?,23+,24?,27+,28-,29-,30-/m1/s1. The topological polar surface area (TPSA) is 80.9 Å². The van der Waals surface area contributed by atoms with Gasteiger partial charge in [-0.3, -0.25) is 0 Å². The van der Waals surface area contributed by atoms with Crippen LogP contribution in [0.25, 0.3) is 0 Å². The Morgan fingerprint density at radius 1 is 0.765 bits per heavy atom. The van der Waals surface area contributed by atoms with Crippen LogP contribution in [0.4, 0.5) is 0 Å². The molecule has 10 atom stereocenters. The van der Waals surface area contributed by atoms with Gasteiger partial charge in [0.2, 0.25) is 0 Å². The Hall–Kier alpha value is -0.160. The molecule has 34 heavy (non-hydrogen) atoms. The van der Waals surface area contributed by atoms with Crippen molar-refractivity contribution in [3.8, 4) is 0 Å². The largest absolute Gasteiger partial charge is 0.393 e. The van der Waals surface area contributed by atoms with Crippen molar-refractivity contribution in [3.05, 3.63) is 0 Å². The van der Waals surface area contributed by atoms with Crippen molar-refractivity contribution < 1.29 is 20.4 Å². The molecule has 4 aliphatic carbocycles. The minimum atomic E-state index is -0.824. The summed E-state index contributed by atoms with van der Waals surface area (Å²) in [7, 11) is 0. The van der Waals surface area contributed by atoms with E-state index in [1.54, 1.807) is 0 Å². The summed E-state index contributed by atoms with van der Waals surface area (Å²) < 4.78 is 0. The van der Waals surface area contributed by atoms with Crippen LogP contribution in [0.1, 0.15) is 120 Å². The van der Waals surface area contributed by atoms with E-state index < -0.39 is 11.2 Å². The first-order valence-electron chi connectivity index (χ1n) is 14.2. The minimum Gasteiger partial charge on any atom is -0.393 e. The molecular weight excluding hydrogens is 424 g/mol. The van der Waals surface area contributed by atoms with Crippen molar-refractivity contribution >= 4 is 0 Å². The lowest BCUT2D eigenvalue weighted by molar-refractivity contribution is -0.246. The molecule has 0 aromatic carbocycles. The van der Waals surface area contributed by atoms with Gasteiger partial charge in [-0.1, -0.05) is 34.6 Å². The summed E-state index contributed by atoms with van der Waals surface area (Å²) in [5.74, 6) is 1.15. The van der Waals surface area contributed by atoms with Gasteiger partial charge < -0.3 is 20.4 Å². The van der Waals surface area contributed by atoms with Crippen LogP contribution in [-0.2, 0) is 0 Å². The summed E-state index contributed by atoms with van der Waals surface area (Å²) in [6.45, 7) is 17.6. The third-order valence-electron chi connectivity index (χ3n) is 12.6. The van der Waals surface area contributed by atoms with Gasteiger partial charge in [-0.05, 0) is 130 Å². The number of hydrogen-bond acceptors (Lipinski definition) is 4. The van der Waals surface area contributed by atoms with Crippen LogP contribution in [0.5, 0.6) is 0 Å². The molecule has 4 saturated carbocycles.